The largest absolute Gasteiger partial charge is 0.481 e. The number of nitrogen functional groups attached to an aromatic ring is 1. The average molecular weight is 470 g/mol. The summed E-state index contributed by atoms with van der Waals surface area (Å²) in [4.78, 5) is 56.0. The van der Waals surface area contributed by atoms with Gasteiger partial charge in [0, 0.05) is 43.2 Å². The second-order valence-electron chi connectivity index (χ2n) is 8.54. The number of carboxylic acids is 2. The number of hydrogen-bond acceptors (Lipinski definition) is 8. The Bertz CT molecular complexity index is 1160. The Hall–Kier alpha value is -4.09. The van der Waals surface area contributed by atoms with Crippen molar-refractivity contribution in [3.63, 3.8) is 0 Å². The third-order valence-corrected chi connectivity index (χ3v) is 6.38. The molecule has 0 saturated carbocycles. The molecule has 0 radical (unpaired) electrons. The highest BCUT2D eigenvalue weighted by molar-refractivity contribution is 5.97. The number of nitrogens with two attached hydrogens (primary N) is 1. The molecule has 1 aromatic heterocycles. The van der Waals surface area contributed by atoms with Crippen molar-refractivity contribution in [2.45, 2.75) is 31.2 Å². The number of aromatic nitrogens is 2. The van der Waals surface area contributed by atoms with Gasteiger partial charge in [-0.2, -0.15) is 4.98 Å². The molecule has 2 aliphatic heterocycles. The number of carbonyl (C=O) groups is 3. The maximum Gasteiger partial charge on any atom is 0.326 e. The van der Waals surface area contributed by atoms with Gasteiger partial charge in [0.25, 0.3) is 11.5 Å². The van der Waals surface area contributed by atoms with Gasteiger partial charge in [-0.05, 0) is 43.0 Å². The molecule has 1 saturated heterocycles. The first-order valence-electron chi connectivity index (χ1n) is 11.0. The predicted octanol–water partition coefficient (Wildman–Crippen LogP) is 0.436. The molecule has 0 unspecified atom stereocenters. The van der Waals surface area contributed by atoms with E-state index in [0.29, 0.717) is 30.4 Å². The number of aromatic amines is 1. The second kappa shape index (κ2) is 9.41. The van der Waals surface area contributed by atoms with E-state index in [1.807, 2.05) is 0 Å². The lowest BCUT2D eigenvalue weighted by Crippen LogP contribution is -2.46. The molecule has 12 nitrogen and oxygen atoms in total. The van der Waals surface area contributed by atoms with Gasteiger partial charge < -0.3 is 31.5 Å². The summed E-state index contributed by atoms with van der Waals surface area (Å²) in [5.74, 6) is -2.15. The molecule has 12 heteroatoms. The highest BCUT2D eigenvalue weighted by Gasteiger charge is 2.37. The van der Waals surface area contributed by atoms with Crippen molar-refractivity contribution >= 4 is 35.3 Å². The maximum atomic E-state index is 12.6. The van der Waals surface area contributed by atoms with E-state index in [9.17, 15) is 24.3 Å². The number of carboxylic acid groups (broad SMARTS) is 2. The summed E-state index contributed by atoms with van der Waals surface area (Å²) in [6.45, 7) is 2.10. The van der Waals surface area contributed by atoms with Crippen LogP contribution < -0.4 is 26.8 Å². The number of piperidine rings is 1. The molecule has 0 spiro atoms. The standard InChI is InChI=1S/C22H26N6O6/c23-22-26-18-17(20(32)27-22)14-10-28(8-7-12(14)9-24-18)13-3-1-11(2-4-13)19(31)25-15(21(33)34)5-6-16(29)30/h1-4,12,14-15H,5-10H2,(H,25,31)(H,29,30)(H,33,34)(H4,23,24,26,27,32)/t12-,14-,15-/m0/s1. The van der Waals surface area contributed by atoms with E-state index in [1.54, 1.807) is 24.3 Å². The molecule has 34 heavy (non-hydrogen) atoms. The normalized spacial score (nSPS) is 19.8. The minimum absolute atomic E-state index is 0.0182. The molecule has 3 heterocycles. The number of amides is 1. The summed E-state index contributed by atoms with van der Waals surface area (Å²) in [7, 11) is 0. The minimum atomic E-state index is -1.29. The van der Waals surface area contributed by atoms with Crippen LogP contribution >= 0.6 is 0 Å². The molecule has 1 fully saturated rings. The van der Waals surface area contributed by atoms with Gasteiger partial charge in [0.15, 0.2) is 0 Å². The van der Waals surface area contributed by atoms with E-state index < -0.39 is 23.9 Å². The quantitative estimate of drug-likeness (QED) is 0.331. The third kappa shape index (κ3) is 4.80. The van der Waals surface area contributed by atoms with Crippen LogP contribution in [0, 0.1) is 5.92 Å². The molecule has 2 aromatic rings. The van der Waals surface area contributed by atoms with Crippen LogP contribution in [0.25, 0.3) is 0 Å². The van der Waals surface area contributed by atoms with E-state index in [0.717, 1.165) is 18.7 Å². The van der Waals surface area contributed by atoms with Crippen LogP contribution in [-0.2, 0) is 9.59 Å². The van der Waals surface area contributed by atoms with Crippen molar-refractivity contribution in [3.05, 3.63) is 45.7 Å². The number of carbonyl (C=O) groups excluding carboxylic acids is 1. The number of anilines is 3. The van der Waals surface area contributed by atoms with Crippen LogP contribution in [-0.4, -0.2) is 63.7 Å². The summed E-state index contributed by atoms with van der Waals surface area (Å²) < 4.78 is 0. The number of H-pyrrole nitrogens is 1. The fourth-order valence-electron chi connectivity index (χ4n) is 4.60. The van der Waals surface area contributed by atoms with Crippen LogP contribution in [0.2, 0.25) is 0 Å². The molecular formula is C22H26N6O6. The van der Waals surface area contributed by atoms with Gasteiger partial charge >= 0.3 is 11.9 Å². The summed E-state index contributed by atoms with van der Waals surface area (Å²) in [6, 6.07) is 5.45. The van der Waals surface area contributed by atoms with Crippen molar-refractivity contribution in [1.29, 1.82) is 0 Å². The highest BCUT2D eigenvalue weighted by atomic mass is 16.4. The smallest absolute Gasteiger partial charge is 0.326 e. The molecule has 7 N–H and O–H groups in total. The average Bonchev–Trinajstić information content (AvgIpc) is 2.80. The Morgan fingerprint density at radius 1 is 1.24 bits per heavy atom. The zero-order chi connectivity index (χ0) is 24.4. The van der Waals surface area contributed by atoms with Crippen molar-refractivity contribution in [2.24, 2.45) is 5.92 Å². The number of nitrogens with one attached hydrogen (secondary N) is 3. The second-order valence-corrected chi connectivity index (χ2v) is 8.54. The lowest BCUT2D eigenvalue weighted by molar-refractivity contribution is -0.140. The fourth-order valence-corrected chi connectivity index (χ4v) is 4.60. The topological polar surface area (TPSA) is 191 Å². The number of benzene rings is 1. The Morgan fingerprint density at radius 2 is 1.97 bits per heavy atom. The van der Waals surface area contributed by atoms with Crippen LogP contribution in [0.4, 0.5) is 17.5 Å². The lowest BCUT2D eigenvalue weighted by atomic mass is 9.79. The number of hydrogen-bond donors (Lipinski definition) is 6. The molecule has 0 aliphatic carbocycles. The molecule has 180 valence electrons. The Labute approximate surface area is 194 Å². The fraction of sp³-hybridized carbons (Fsp3) is 0.409. The van der Waals surface area contributed by atoms with E-state index in [4.69, 9.17) is 10.8 Å². The molecule has 1 aromatic carbocycles. The van der Waals surface area contributed by atoms with Crippen molar-refractivity contribution < 1.29 is 24.6 Å². The Balaban J connectivity index is 1.46. The van der Waals surface area contributed by atoms with Gasteiger partial charge in [-0.3, -0.25) is 19.4 Å². The Morgan fingerprint density at radius 3 is 2.65 bits per heavy atom. The van der Waals surface area contributed by atoms with Crippen molar-refractivity contribution in [1.82, 2.24) is 15.3 Å². The minimum Gasteiger partial charge on any atom is -0.481 e. The molecular weight excluding hydrogens is 444 g/mol. The van der Waals surface area contributed by atoms with Gasteiger partial charge in [-0.1, -0.05) is 0 Å². The number of nitrogens with zero attached hydrogens (tertiary/aromatic N) is 2. The number of aliphatic carboxylic acids is 2. The van der Waals surface area contributed by atoms with Crippen LogP contribution in [0.3, 0.4) is 0 Å². The number of rotatable bonds is 7. The van der Waals surface area contributed by atoms with Gasteiger partial charge in [0.2, 0.25) is 5.95 Å². The van der Waals surface area contributed by atoms with Gasteiger partial charge in [0.1, 0.15) is 11.9 Å². The highest BCUT2D eigenvalue weighted by Crippen LogP contribution is 2.38. The molecule has 1 amide bonds. The first-order chi connectivity index (χ1) is 16.2. The molecule has 3 atom stereocenters. The van der Waals surface area contributed by atoms with Crippen molar-refractivity contribution in [3.8, 4) is 0 Å². The first kappa shape index (κ1) is 23.1. The third-order valence-electron chi connectivity index (χ3n) is 6.38. The van der Waals surface area contributed by atoms with Crippen LogP contribution in [0.5, 0.6) is 0 Å². The van der Waals surface area contributed by atoms with Gasteiger partial charge in [-0.15, -0.1) is 0 Å². The maximum absolute atomic E-state index is 12.6. The summed E-state index contributed by atoms with van der Waals surface area (Å²) in [5.41, 5.74) is 7.18. The van der Waals surface area contributed by atoms with Crippen molar-refractivity contribution in [2.75, 3.05) is 35.6 Å². The lowest BCUT2D eigenvalue weighted by Gasteiger charge is -2.42. The van der Waals surface area contributed by atoms with E-state index in [-0.39, 0.29) is 35.8 Å². The van der Waals surface area contributed by atoms with E-state index in [2.05, 4.69) is 25.5 Å². The van der Waals surface area contributed by atoms with Gasteiger partial charge in [0.05, 0.1) is 5.56 Å². The summed E-state index contributed by atoms with van der Waals surface area (Å²) >= 11 is 0. The van der Waals surface area contributed by atoms with Gasteiger partial charge in [-0.25, -0.2) is 4.79 Å². The SMILES string of the molecule is Nc1nc2c(c(=O)[nH]1)[C@H]1CN(c3ccc(C(=O)N[C@@H](CCC(=O)O)C(=O)O)cc3)CC[C@H]1CN2. The Kier molecular flexibility index (Phi) is 6.39. The zero-order valence-electron chi connectivity index (χ0n) is 18.3. The van der Waals surface area contributed by atoms with E-state index >= 15 is 0 Å². The zero-order valence-corrected chi connectivity index (χ0v) is 18.3. The molecule has 4 rings (SSSR count). The van der Waals surface area contributed by atoms with E-state index in [1.165, 1.54) is 0 Å². The molecule has 0 bridgehead atoms. The summed E-state index contributed by atoms with van der Waals surface area (Å²) in [5, 5.41) is 23.6. The predicted molar refractivity (Wildman–Crippen MR) is 123 cm³/mol. The summed E-state index contributed by atoms with van der Waals surface area (Å²) in [6.07, 6.45) is 0.296. The monoisotopic (exact) mass is 470 g/mol. The first-order valence-corrected chi connectivity index (χ1v) is 11.0. The van der Waals surface area contributed by atoms with Crippen LogP contribution in [0.1, 0.15) is 41.1 Å². The van der Waals surface area contributed by atoms with Crippen LogP contribution in [0.15, 0.2) is 29.1 Å². The number of fused-ring (bicyclic) bond motifs is 3. The molecule has 2 aliphatic rings.